The number of ether oxygens (including phenoxy) is 3. The number of amides is 1. The number of aliphatic hydroxyl groups is 1. The largest absolute Gasteiger partial charge is 0.507 e. The Labute approximate surface area is 197 Å². The van der Waals surface area contributed by atoms with Gasteiger partial charge in [-0.1, -0.05) is 29.8 Å². The molecule has 2 aromatic carbocycles. The van der Waals surface area contributed by atoms with Gasteiger partial charge in [-0.05, 0) is 49.6 Å². The summed E-state index contributed by atoms with van der Waals surface area (Å²) in [6.07, 6.45) is 1.54. The second kappa shape index (κ2) is 9.85. The fraction of sp³-hybridized carbons (Fsp3) is 0.360. The quantitative estimate of drug-likeness (QED) is 0.367. The van der Waals surface area contributed by atoms with Gasteiger partial charge in [0.1, 0.15) is 5.76 Å². The van der Waals surface area contributed by atoms with Crippen molar-refractivity contribution in [1.29, 1.82) is 0 Å². The minimum absolute atomic E-state index is 0.00600. The van der Waals surface area contributed by atoms with Crippen LogP contribution in [0.2, 0.25) is 5.02 Å². The molecular weight excluding hydrogens is 446 g/mol. The van der Waals surface area contributed by atoms with Crippen LogP contribution in [0.5, 0.6) is 11.5 Å². The third-order valence-electron chi connectivity index (χ3n) is 5.87. The van der Waals surface area contributed by atoms with Crippen LogP contribution in [0.1, 0.15) is 36.9 Å². The van der Waals surface area contributed by atoms with E-state index < -0.39 is 17.7 Å². The highest BCUT2D eigenvalue weighted by Gasteiger charge is 2.47. The molecule has 2 saturated heterocycles. The molecule has 0 saturated carbocycles. The Hall–Kier alpha value is -3.03. The summed E-state index contributed by atoms with van der Waals surface area (Å²) < 4.78 is 16.8. The first-order valence-corrected chi connectivity index (χ1v) is 11.3. The number of nitrogens with zero attached hydrogens (tertiary/aromatic N) is 1. The van der Waals surface area contributed by atoms with Crippen molar-refractivity contribution >= 4 is 29.1 Å². The van der Waals surface area contributed by atoms with E-state index in [0.29, 0.717) is 40.9 Å². The molecule has 0 aromatic heterocycles. The number of benzene rings is 2. The van der Waals surface area contributed by atoms with Gasteiger partial charge in [-0.2, -0.15) is 0 Å². The van der Waals surface area contributed by atoms with Crippen LogP contribution in [0.3, 0.4) is 0 Å². The average Bonchev–Trinajstić information content (AvgIpc) is 3.41. The number of halogens is 1. The van der Waals surface area contributed by atoms with Crippen molar-refractivity contribution in [1.82, 2.24) is 4.90 Å². The highest BCUT2D eigenvalue weighted by molar-refractivity contribution is 6.46. The zero-order valence-corrected chi connectivity index (χ0v) is 19.3. The number of hydrogen-bond acceptors (Lipinski definition) is 6. The van der Waals surface area contributed by atoms with Crippen molar-refractivity contribution in [3.05, 3.63) is 64.2 Å². The number of rotatable bonds is 7. The fourth-order valence-corrected chi connectivity index (χ4v) is 4.53. The van der Waals surface area contributed by atoms with Gasteiger partial charge in [0.25, 0.3) is 11.7 Å². The Morgan fingerprint density at radius 3 is 2.70 bits per heavy atom. The number of methoxy groups -OCH3 is 1. The number of ketones is 1. The number of Topliss-reactive ketones (excluding diaryl/α,β-unsaturated/α-hetero) is 1. The molecule has 2 atom stereocenters. The second-order valence-electron chi connectivity index (χ2n) is 7.94. The van der Waals surface area contributed by atoms with Crippen molar-refractivity contribution in [3.63, 3.8) is 0 Å². The zero-order valence-electron chi connectivity index (χ0n) is 18.5. The molecule has 0 radical (unpaired) electrons. The molecule has 0 spiro atoms. The fourth-order valence-electron chi connectivity index (χ4n) is 4.34. The van der Waals surface area contributed by atoms with E-state index in [1.165, 1.54) is 12.0 Å². The predicted octanol–water partition coefficient (Wildman–Crippen LogP) is 4.35. The van der Waals surface area contributed by atoms with Crippen LogP contribution < -0.4 is 9.47 Å². The minimum atomic E-state index is -0.808. The summed E-state index contributed by atoms with van der Waals surface area (Å²) in [6.45, 7) is 3.20. The van der Waals surface area contributed by atoms with Crippen LogP contribution in [0.4, 0.5) is 0 Å². The summed E-state index contributed by atoms with van der Waals surface area (Å²) in [6, 6.07) is 11.0. The van der Waals surface area contributed by atoms with Crippen LogP contribution in [0.25, 0.3) is 5.76 Å². The van der Waals surface area contributed by atoms with Crippen molar-refractivity contribution in [2.45, 2.75) is 31.9 Å². The molecule has 2 fully saturated rings. The Morgan fingerprint density at radius 1 is 1.21 bits per heavy atom. The molecule has 174 valence electrons. The third kappa shape index (κ3) is 4.56. The number of aliphatic hydroxyl groups excluding tert-OH is 1. The van der Waals surface area contributed by atoms with E-state index >= 15 is 0 Å². The second-order valence-corrected chi connectivity index (χ2v) is 8.38. The van der Waals surface area contributed by atoms with Gasteiger partial charge < -0.3 is 24.2 Å². The van der Waals surface area contributed by atoms with E-state index in [9.17, 15) is 14.7 Å². The molecule has 0 bridgehead atoms. The van der Waals surface area contributed by atoms with Gasteiger partial charge in [-0.15, -0.1) is 0 Å². The van der Waals surface area contributed by atoms with Crippen LogP contribution >= 0.6 is 11.6 Å². The summed E-state index contributed by atoms with van der Waals surface area (Å²) in [5.41, 5.74) is 0.989. The molecule has 33 heavy (non-hydrogen) atoms. The molecule has 2 aromatic rings. The molecule has 2 heterocycles. The van der Waals surface area contributed by atoms with Gasteiger partial charge >= 0.3 is 0 Å². The predicted molar refractivity (Wildman–Crippen MR) is 124 cm³/mol. The molecule has 2 aliphatic heterocycles. The highest BCUT2D eigenvalue weighted by Crippen LogP contribution is 2.42. The molecule has 4 rings (SSSR count). The number of carbonyl (C=O) groups is 2. The maximum absolute atomic E-state index is 13.2. The molecule has 0 aliphatic carbocycles. The zero-order chi connectivity index (χ0) is 23.5. The molecule has 7 nitrogen and oxygen atoms in total. The summed E-state index contributed by atoms with van der Waals surface area (Å²) >= 11 is 6.10. The normalized spacial score (nSPS) is 22.1. The van der Waals surface area contributed by atoms with E-state index in [4.69, 9.17) is 25.8 Å². The van der Waals surface area contributed by atoms with Crippen molar-refractivity contribution in [2.75, 3.05) is 26.9 Å². The Balaban J connectivity index is 1.85. The maximum Gasteiger partial charge on any atom is 0.295 e. The number of likely N-dealkylation sites (tertiary alicyclic amines) is 1. The van der Waals surface area contributed by atoms with Crippen LogP contribution in [-0.2, 0) is 14.3 Å². The molecule has 1 amide bonds. The van der Waals surface area contributed by atoms with Crippen LogP contribution in [-0.4, -0.2) is 54.7 Å². The third-order valence-corrected chi connectivity index (χ3v) is 6.10. The Morgan fingerprint density at radius 2 is 2.03 bits per heavy atom. The standard InChI is InChI=1S/C25H26ClNO6/c1-3-32-19-10-9-15(13-20(19)31-2)22-21(23(28)16-6-4-7-17(26)12-16)24(29)25(30)27(22)14-18-8-5-11-33-18/h4,6-7,9-10,12-13,18,22,28H,3,5,8,11,14H2,1-2H3/b23-21-. The molecule has 2 aliphatic rings. The lowest BCUT2D eigenvalue weighted by Gasteiger charge is -2.28. The van der Waals surface area contributed by atoms with Gasteiger partial charge in [0, 0.05) is 23.7 Å². The first kappa shape index (κ1) is 23.1. The van der Waals surface area contributed by atoms with E-state index in [1.54, 1.807) is 42.5 Å². The first-order valence-electron chi connectivity index (χ1n) is 10.9. The topological polar surface area (TPSA) is 85.3 Å². The van der Waals surface area contributed by atoms with Crippen LogP contribution in [0, 0.1) is 0 Å². The van der Waals surface area contributed by atoms with E-state index in [2.05, 4.69) is 0 Å². The summed E-state index contributed by atoms with van der Waals surface area (Å²) in [5.74, 6) is -0.673. The lowest BCUT2D eigenvalue weighted by atomic mass is 9.95. The van der Waals surface area contributed by atoms with E-state index in [0.717, 1.165) is 12.8 Å². The average molecular weight is 472 g/mol. The highest BCUT2D eigenvalue weighted by atomic mass is 35.5. The van der Waals surface area contributed by atoms with Crippen molar-refractivity contribution in [3.8, 4) is 11.5 Å². The maximum atomic E-state index is 13.2. The van der Waals surface area contributed by atoms with Gasteiger partial charge in [-0.25, -0.2) is 0 Å². The van der Waals surface area contributed by atoms with E-state index in [1.807, 2.05) is 6.92 Å². The van der Waals surface area contributed by atoms with Crippen LogP contribution in [0.15, 0.2) is 48.0 Å². The first-order chi connectivity index (χ1) is 15.9. The van der Waals surface area contributed by atoms with Gasteiger partial charge in [0.15, 0.2) is 11.5 Å². The molecular formula is C25H26ClNO6. The molecule has 1 N–H and O–H groups in total. The number of carbonyl (C=O) groups excluding carboxylic acids is 2. The van der Waals surface area contributed by atoms with E-state index in [-0.39, 0.29) is 24.0 Å². The van der Waals surface area contributed by atoms with Gasteiger partial charge in [-0.3, -0.25) is 9.59 Å². The lowest BCUT2D eigenvalue weighted by molar-refractivity contribution is -0.140. The van der Waals surface area contributed by atoms with Crippen molar-refractivity contribution < 1.29 is 28.9 Å². The smallest absolute Gasteiger partial charge is 0.295 e. The molecule has 2 unspecified atom stereocenters. The lowest BCUT2D eigenvalue weighted by Crippen LogP contribution is -2.36. The van der Waals surface area contributed by atoms with Crippen molar-refractivity contribution in [2.24, 2.45) is 0 Å². The Kier molecular flexibility index (Phi) is 6.91. The Bertz CT molecular complexity index is 1090. The summed E-state index contributed by atoms with van der Waals surface area (Å²) in [7, 11) is 1.52. The van der Waals surface area contributed by atoms with Gasteiger partial charge in [0.2, 0.25) is 0 Å². The number of hydrogen-bond donors (Lipinski definition) is 1. The minimum Gasteiger partial charge on any atom is -0.507 e. The SMILES string of the molecule is CCOc1ccc(C2/C(=C(/O)c3cccc(Cl)c3)C(=O)C(=O)N2CC2CCCO2)cc1OC. The summed E-state index contributed by atoms with van der Waals surface area (Å²) in [5, 5.41) is 11.6. The monoisotopic (exact) mass is 471 g/mol. The summed E-state index contributed by atoms with van der Waals surface area (Å²) in [4.78, 5) is 27.7. The molecule has 8 heteroatoms. The van der Waals surface area contributed by atoms with Gasteiger partial charge in [0.05, 0.1) is 31.4 Å².